The lowest BCUT2D eigenvalue weighted by Gasteiger charge is -2.36. The van der Waals surface area contributed by atoms with Crippen LogP contribution < -0.4 is 10.2 Å². The van der Waals surface area contributed by atoms with Crippen molar-refractivity contribution in [2.75, 3.05) is 4.90 Å². The Morgan fingerprint density at radius 2 is 1.71 bits per heavy atom. The van der Waals surface area contributed by atoms with Gasteiger partial charge in [0.1, 0.15) is 5.41 Å². The lowest BCUT2D eigenvalue weighted by molar-refractivity contribution is -0.142. The topological polar surface area (TPSA) is 86.7 Å². The number of nitrogens with zero attached hydrogens (tertiary/aromatic N) is 1. The van der Waals surface area contributed by atoms with E-state index in [1.165, 1.54) is 0 Å². The van der Waals surface area contributed by atoms with Gasteiger partial charge in [-0.15, -0.1) is 0 Å². The van der Waals surface area contributed by atoms with E-state index in [0.717, 1.165) is 17.7 Å². The van der Waals surface area contributed by atoms with Gasteiger partial charge in [-0.2, -0.15) is 0 Å². The smallest absolute Gasteiger partial charge is 0.335 e. The third-order valence-corrected chi connectivity index (χ3v) is 4.30. The highest BCUT2D eigenvalue weighted by molar-refractivity contribution is 6.30. The Morgan fingerprint density at radius 3 is 2.29 bits per heavy atom. The molecule has 0 aromatic heterocycles. The SMILES string of the molecule is O=C1NC(=O)C2(CCCC2)C(=O)N1c1ccc(CO)cc1. The highest BCUT2D eigenvalue weighted by atomic mass is 16.3. The number of hydrogen-bond acceptors (Lipinski definition) is 4. The zero-order valence-corrected chi connectivity index (χ0v) is 11.5. The van der Waals surface area contributed by atoms with Crippen molar-refractivity contribution >= 4 is 23.5 Å². The van der Waals surface area contributed by atoms with Crippen molar-refractivity contribution in [3.05, 3.63) is 29.8 Å². The van der Waals surface area contributed by atoms with Gasteiger partial charge >= 0.3 is 6.03 Å². The van der Waals surface area contributed by atoms with Gasteiger partial charge in [0.15, 0.2) is 0 Å². The average molecular weight is 288 g/mol. The molecule has 6 nitrogen and oxygen atoms in total. The maximum atomic E-state index is 12.7. The molecule has 4 amide bonds. The Balaban J connectivity index is 1.98. The predicted octanol–water partition coefficient (Wildman–Crippen LogP) is 1.32. The van der Waals surface area contributed by atoms with Gasteiger partial charge in [-0.05, 0) is 30.5 Å². The molecule has 2 N–H and O–H groups in total. The number of amides is 4. The van der Waals surface area contributed by atoms with Crippen LogP contribution in [0.2, 0.25) is 0 Å². The summed E-state index contributed by atoms with van der Waals surface area (Å²) >= 11 is 0. The fourth-order valence-electron chi connectivity index (χ4n) is 3.08. The van der Waals surface area contributed by atoms with Crippen molar-refractivity contribution in [3.63, 3.8) is 0 Å². The fourth-order valence-corrected chi connectivity index (χ4v) is 3.08. The summed E-state index contributed by atoms with van der Waals surface area (Å²) in [5.74, 6) is -0.913. The number of rotatable bonds is 2. The summed E-state index contributed by atoms with van der Waals surface area (Å²) in [6.07, 6.45) is 2.58. The number of carbonyl (C=O) groups is 3. The van der Waals surface area contributed by atoms with E-state index in [1.54, 1.807) is 24.3 Å². The fraction of sp³-hybridized carbons (Fsp3) is 0.400. The molecule has 1 saturated heterocycles. The van der Waals surface area contributed by atoms with Crippen molar-refractivity contribution in [2.24, 2.45) is 5.41 Å². The van der Waals surface area contributed by atoms with Crippen LogP contribution in [-0.2, 0) is 16.2 Å². The molecule has 0 atom stereocenters. The zero-order chi connectivity index (χ0) is 15.0. The van der Waals surface area contributed by atoms with Crippen LogP contribution in [0, 0.1) is 5.41 Å². The lowest BCUT2D eigenvalue weighted by atomic mass is 9.82. The van der Waals surface area contributed by atoms with Gasteiger partial charge in [0.05, 0.1) is 12.3 Å². The van der Waals surface area contributed by atoms with Crippen molar-refractivity contribution in [3.8, 4) is 0 Å². The average Bonchev–Trinajstić information content (AvgIpc) is 2.97. The quantitative estimate of drug-likeness (QED) is 0.804. The van der Waals surface area contributed by atoms with Crippen LogP contribution in [0.4, 0.5) is 10.5 Å². The van der Waals surface area contributed by atoms with E-state index in [2.05, 4.69) is 5.32 Å². The molecule has 3 rings (SSSR count). The Bertz CT molecular complexity index is 603. The maximum absolute atomic E-state index is 12.7. The molecule has 0 bridgehead atoms. The van der Waals surface area contributed by atoms with Crippen LogP contribution in [0.15, 0.2) is 24.3 Å². The van der Waals surface area contributed by atoms with Crippen LogP contribution in [0.25, 0.3) is 0 Å². The third kappa shape index (κ3) is 2.03. The number of urea groups is 1. The minimum absolute atomic E-state index is 0.108. The van der Waals surface area contributed by atoms with Crippen LogP contribution >= 0.6 is 0 Å². The van der Waals surface area contributed by atoms with E-state index in [4.69, 9.17) is 5.11 Å². The number of aliphatic hydroxyl groups is 1. The molecule has 110 valence electrons. The van der Waals surface area contributed by atoms with Crippen LogP contribution in [0.1, 0.15) is 31.2 Å². The van der Waals surface area contributed by atoms with Crippen molar-refractivity contribution in [1.29, 1.82) is 0 Å². The number of anilines is 1. The largest absolute Gasteiger partial charge is 0.392 e. The molecule has 1 aromatic carbocycles. The predicted molar refractivity (Wildman–Crippen MR) is 74.3 cm³/mol. The summed E-state index contributed by atoms with van der Waals surface area (Å²) in [5, 5.41) is 11.3. The van der Waals surface area contributed by atoms with E-state index >= 15 is 0 Å². The van der Waals surface area contributed by atoms with Gasteiger partial charge < -0.3 is 5.11 Å². The second kappa shape index (κ2) is 4.96. The summed E-state index contributed by atoms with van der Waals surface area (Å²) in [6, 6.07) is 5.78. The highest BCUT2D eigenvalue weighted by Crippen LogP contribution is 2.42. The standard InChI is InChI=1S/C15H16N2O4/c18-9-10-3-5-11(6-4-10)17-13(20)15(7-1-2-8-15)12(19)16-14(17)21/h3-6,18H,1-2,7-9H2,(H,16,19,21). The second-order valence-electron chi connectivity index (χ2n) is 5.51. The van der Waals surface area contributed by atoms with Gasteiger partial charge in [0.2, 0.25) is 5.91 Å². The molecule has 2 aliphatic rings. The van der Waals surface area contributed by atoms with Crippen LogP contribution in [0.3, 0.4) is 0 Å². The Kier molecular flexibility index (Phi) is 3.25. The van der Waals surface area contributed by atoms with E-state index in [9.17, 15) is 14.4 Å². The molecule has 2 fully saturated rings. The normalized spacial score (nSPS) is 21.0. The minimum atomic E-state index is -1.09. The molecule has 1 aliphatic heterocycles. The first-order valence-electron chi connectivity index (χ1n) is 6.98. The zero-order valence-electron chi connectivity index (χ0n) is 11.5. The van der Waals surface area contributed by atoms with Gasteiger partial charge in [0, 0.05) is 0 Å². The van der Waals surface area contributed by atoms with E-state index < -0.39 is 23.3 Å². The summed E-state index contributed by atoms with van der Waals surface area (Å²) in [7, 11) is 0. The summed E-state index contributed by atoms with van der Waals surface area (Å²) in [5.41, 5.74) is 0.00700. The third-order valence-electron chi connectivity index (χ3n) is 4.30. The van der Waals surface area contributed by atoms with Gasteiger partial charge in [0.25, 0.3) is 5.91 Å². The molecule has 1 heterocycles. The number of nitrogens with one attached hydrogen (secondary N) is 1. The molecule has 0 radical (unpaired) electrons. The summed E-state index contributed by atoms with van der Waals surface area (Å²) in [6.45, 7) is -0.108. The first kappa shape index (κ1) is 13.8. The van der Waals surface area contributed by atoms with E-state index in [1.807, 2.05) is 0 Å². The molecule has 1 aromatic rings. The lowest BCUT2D eigenvalue weighted by Crippen LogP contribution is -2.63. The molecular formula is C15H16N2O4. The highest BCUT2D eigenvalue weighted by Gasteiger charge is 2.55. The Labute approximate surface area is 121 Å². The number of carbonyl (C=O) groups excluding carboxylic acids is 3. The number of benzene rings is 1. The number of hydrogen-bond donors (Lipinski definition) is 2. The van der Waals surface area contributed by atoms with Crippen molar-refractivity contribution in [1.82, 2.24) is 5.32 Å². The molecule has 1 spiro atoms. The second-order valence-corrected chi connectivity index (χ2v) is 5.51. The van der Waals surface area contributed by atoms with Crippen molar-refractivity contribution < 1.29 is 19.5 Å². The molecule has 1 aliphatic carbocycles. The molecule has 21 heavy (non-hydrogen) atoms. The van der Waals surface area contributed by atoms with E-state index in [0.29, 0.717) is 24.1 Å². The molecule has 6 heteroatoms. The Hall–Kier alpha value is -2.21. The summed E-state index contributed by atoms with van der Waals surface area (Å²) < 4.78 is 0. The van der Waals surface area contributed by atoms with Gasteiger partial charge in [-0.25, -0.2) is 9.69 Å². The number of imide groups is 2. The number of barbiturate groups is 1. The molecule has 1 saturated carbocycles. The monoisotopic (exact) mass is 288 g/mol. The van der Waals surface area contributed by atoms with Crippen LogP contribution in [-0.4, -0.2) is 23.0 Å². The molecule has 0 unspecified atom stereocenters. The van der Waals surface area contributed by atoms with Crippen LogP contribution in [0.5, 0.6) is 0 Å². The minimum Gasteiger partial charge on any atom is -0.392 e. The summed E-state index contributed by atoms with van der Waals surface area (Å²) in [4.78, 5) is 37.9. The maximum Gasteiger partial charge on any atom is 0.335 e. The first-order valence-corrected chi connectivity index (χ1v) is 6.98. The number of aliphatic hydroxyl groups excluding tert-OH is 1. The van der Waals surface area contributed by atoms with Gasteiger partial charge in [-0.1, -0.05) is 25.0 Å². The van der Waals surface area contributed by atoms with Gasteiger partial charge in [-0.3, -0.25) is 14.9 Å². The molecular weight excluding hydrogens is 272 g/mol. The van der Waals surface area contributed by atoms with Crippen molar-refractivity contribution in [2.45, 2.75) is 32.3 Å². The first-order chi connectivity index (χ1) is 10.1. The van der Waals surface area contributed by atoms with E-state index in [-0.39, 0.29) is 6.61 Å². The Morgan fingerprint density at radius 1 is 1.10 bits per heavy atom.